The first-order valence-corrected chi connectivity index (χ1v) is 15.2. The highest BCUT2D eigenvalue weighted by atomic mass is 16.3. The van der Waals surface area contributed by atoms with Crippen molar-refractivity contribution in [3.8, 4) is 22.5 Å². The van der Waals surface area contributed by atoms with Crippen LogP contribution >= 0.6 is 0 Å². The van der Waals surface area contributed by atoms with Gasteiger partial charge in [0.15, 0.2) is 0 Å². The van der Waals surface area contributed by atoms with Crippen LogP contribution in [0.15, 0.2) is 89.3 Å². The Morgan fingerprint density at radius 3 is 2.10 bits per heavy atom. The third-order valence-corrected chi connectivity index (χ3v) is 8.97. The number of pyridine rings is 3. The first kappa shape index (κ1) is 26.6. The van der Waals surface area contributed by atoms with Crippen molar-refractivity contribution in [1.82, 2.24) is 15.0 Å². The minimum absolute atomic E-state index is 0.408. The summed E-state index contributed by atoms with van der Waals surface area (Å²) >= 11 is 0. The van der Waals surface area contributed by atoms with Gasteiger partial charge in [-0.3, -0.25) is 9.97 Å². The predicted octanol–water partition coefficient (Wildman–Crippen LogP) is 10.1. The largest absolute Gasteiger partial charge is 0.437 e. The average molecular weight is 552 g/mol. The van der Waals surface area contributed by atoms with Crippen molar-refractivity contribution in [3.05, 3.63) is 113 Å². The number of fused-ring (bicyclic) bond motifs is 3. The lowest BCUT2D eigenvalue weighted by molar-refractivity contribution is 0.436. The zero-order valence-electron chi connectivity index (χ0n) is 24.9. The number of hydrogen-bond donors (Lipinski definition) is 0. The van der Waals surface area contributed by atoms with Crippen LogP contribution in [0.4, 0.5) is 0 Å². The summed E-state index contributed by atoms with van der Waals surface area (Å²) in [4.78, 5) is 15.4. The molecule has 0 unspecified atom stereocenters. The predicted molar refractivity (Wildman–Crippen MR) is 172 cm³/mol. The molecule has 0 saturated heterocycles. The second kappa shape index (κ2) is 10.5. The summed E-state index contributed by atoms with van der Waals surface area (Å²) < 4.78 is 6.54. The maximum Gasteiger partial charge on any atom is 0.227 e. The molecule has 1 aliphatic carbocycles. The molecule has 4 nitrogen and oxygen atoms in total. The number of furan rings is 1. The van der Waals surface area contributed by atoms with Gasteiger partial charge < -0.3 is 4.42 Å². The number of hydrogen-bond acceptors (Lipinski definition) is 4. The van der Waals surface area contributed by atoms with Crippen LogP contribution in [0.3, 0.4) is 0 Å². The molecule has 42 heavy (non-hydrogen) atoms. The standard InChI is InChI=1S/C38H37N3O/c1-24-20-32(27-14-9-6-10-15-27)39-34(22-24)38(3,4)35-23-25(2)21-33(40-35)30-17-11-16-28-29-18-19-31(26-12-7-5-8-13-26)41-37(29)42-36(28)30/h6,9-11,14-23,26H,5,7-8,12-13H2,1-4H3. The second-order valence-corrected chi connectivity index (χ2v) is 12.5. The summed E-state index contributed by atoms with van der Waals surface area (Å²) in [6.07, 6.45) is 6.36. The molecule has 4 heterocycles. The minimum Gasteiger partial charge on any atom is -0.437 e. The quantitative estimate of drug-likeness (QED) is 0.214. The Balaban J connectivity index is 1.31. The van der Waals surface area contributed by atoms with Crippen molar-refractivity contribution in [1.29, 1.82) is 0 Å². The van der Waals surface area contributed by atoms with E-state index in [1.807, 2.05) is 6.07 Å². The number of para-hydroxylation sites is 1. The maximum absolute atomic E-state index is 6.54. The van der Waals surface area contributed by atoms with Gasteiger partial charge in [0.1, 0.15) is 5.58 Å². The summed E-state index contributed by atoms with van der Waals surface area (Å²) in [5.74, 6) is 0.539. The van der Waals surface area contributed by atoms with Gasteiger partial charge >= 0.3 is 0 Å². The molecule has 0 N–H and O–H groups in total. The lowest BCUT2D eigenvalue weighted by Crippen LogP contribution is -2.23. The van der Waals surface area contributed by atoms with Gasteiger partial charge in [0.2, 0.25) is 5.71 Å². The van der Waals surface area contributed by atoms with Crippen molar-refractivity contribution in [2.24, 2.45) is 0 Å². The topological polar surface area (TPSA) is 51.8 Å². The minimum atomic E-state index is -0.408. The van der Waals surface area contributed by atoms with Crippen molar-refractivity contribution in [3.63, 3.8) is 0 Å². The lowest BCUT2D eigenvalue weighted by atomic mass is 9.83. The number of aromatic nitrogens is 3. The lowest BCUT2D eigenvalue weighted by Gasteiger charge is -2.26. The SMILES string of the molecule is Cc1cc(-c2ccccc2)nc(C(C)(C)c2cc(C)cc(-c3cccc4c3oc3nc(C5CCCCC5)ccc34)n2)c1. The summed E-state index contributed by atoms with van der Waals surface area (Å²) in [6.45, 7) is 8.71. The Morgan fingerprint density at radius 1 is 0.667 bits per heavy atom. The third-order valence-electron chi connectivity index (χ3n) is 8.97. The molecule has 6 aromatic rings. The van der Waals surface area contributed by atoms with Crippen LogP contribution in [0, 0.1) is 13.8 Å². The summed E-state index contributed by atoms with van der Waals surface area (Å²) in [6, 6.07) is 29.8. The highest BCUT2D eigenvalue weighted by Gasteiger charge is 2.29. The molecule has 0 aliphatic heterocycles. The van der Waals surface area contributed by atoms with E-state index in [9.17, 15) is 0 Å². The molecule has 1 fully saturated rings. The van der Waals surface area contributed by atoms with Crippen molar-refractivity contribution >= 4 is 22.1 Å². The van der Waals surface area contributed by atoms with Crippen LogP contribution in [-0.2, 0) is 5.41 Å². The third kappa shape index (κ3) is 4.79. The molecule has 0 atom stereocenters. The van der Waals surface area contributed by atoms with Crippen LogP contribution in [0.25, 0.3) is 44.6 Å². The van der Waals surface area contributed by atoms with E-state index in [0.29, 0.717) is 5.92 Å². The van der Waals surface area contributed by atoms with Crippen molar-refractivity contribution in [2.75, 3.05) is 0 Å². The number of rotatable bonds is 5. The van der Waals surface area contributed by atoms with E-state index in [1.165, 1.54) is 43.4 Å². The van der Waals surface area contributed by atoms with Crippen LogP contribution in [0.2, 0.25) is 0 Å². The van der Waals surface area contributed by atoms with Gasteiger partial charge in [0, 0.05) is 38.9 Å². The summed E-state index contributed by atoms with van der Waals surface area (Å²) in [5.41, 5.74) is 10.7. The Labute approximate surface area is 247 Å². The number of aryl methyl sites for hydroxylation is 2. The zero-order chi connectivity index (χ0) is 28.8. The van der Waals surface area contributed by atoms with Gasteiger partial charge in [-0.25, -0.2) is 4.98 Å². The molecular formula is C38H37N3O. The number of nitrogens with zero attached hydrogens (tertiary/aromatic N) is 3. The Kier molecular flexibility index (Phi) is 6.65. The maximum atomic E-state index is 6.54. The van der Waals surface area contributed by atoms with Crippen LogP contribution < -0.4 is 0 Å². The van der Waals surface area contributed by atoms with E-state index in [-0.39, 0.29) is 0 Å². The molecule has 0 spiro atoms. The van der Waals surface area contributed by atoms with Crippen molar-refractivity contribution < 1.29 is 4.42 Å². The molecule has 4 heteroatoms. The first-order chi connectivity index (χ1) is 20.4. The van der Waals surface area contributed by atoms with Crippen LogP contribution in [0.1, 0.15) is 80.1 Å². The Morgan fingerprint density at radius 2 is 1.36 bits per heavy atom. The van der Waals surface area contributed by atoms with E-state index in [1.54, 1.807) is 0 Å². The smallest absolute Gasteiger partial charge is 0.227 e. The molecular weight excluding hydrogens is 514 g/mol. The van der Waals surface area contributed by atoms with Gasteiger partial charge in [-0.15, -0.1) is 0 Å². The zero-order valence-corrected chi connectivity index (χ0v) is 24.9. The first-order valence-electron chi connectivity index (χ1n) is 15.2. The normalized spacial score (nSPS) is 14.6. The highest BCUT2D eigenvalue weighted by Crippen LogP contribution is 2.39. The molecule has 210 valence electrons. The van der Waals surface area contributed by atoms with Crippen LogP contribution in [0.5, 0.6) is 0 Å². The summed E-state index contributed by atoms with van der Waals surface area (Å²) in [5, 5.41) is 2.15. The molecule has 7 rings (SSSR count). The number of benzene rings is 2. The van der Waals surface area contributed by atoms with Gasteiger partial charge in [-0.2, -0.15) is 0 Å². The molecule has 4 aromatic heterocycles. The fraction of sp³-hybridized carbons (Fsp3) is 0.289. The van der Waals surface area contributed by atoms with E-state index >= 15 is 0 Å². The molecule has 1 saturated carbocycles. The molecule has 0 bridgehead atoms. The average Bonchev–Trinajstić information content (AvgIpc) is 3.39. The summed E-state index contributed by atoms with van der Waals surface area (Å²) in [7, 11) is 0. The Bertz CT molecular complexity index is 1910. The molecule has 1 aliphatic rings. The Hall–Kier alpha value is -4.31. The van der Waals surface area contributed by atoms with E-state index < -0.39 is 5.41 Å². The molecule has 0 amide bonds. The fourth-order valence-electron chi connectivity index (χ4n) is 6.52. The molecule has 0 radical (unpaired) electrons. The second-order valence-electron chi connectivity index (χ2n) is 12.5. The van der Waals surface area contributed by atoms with Gasteiger partial charge in [-0.05, 0) is 94.1 Å². The van der Waals surface area contributed by atoms with E-state index in [4.69, 9.17) is 19.4 Å². The monoisotopic (exact) mass is 551 g/mol. The van der Waals surface area contributed by atoms with Crippen LogP contribution in [-0.4, -0.2) is 15.0 Å². The fourth-order valence-corrected chi connectivity index (χ4v) is 6.52. The van der Waals surface area contributed by atoms with Gasteiger partial charge in [0.25, 0.3) is 0 Å². The van der Waals surface area contributed by atoms with Crippen molar-refractivity contribution in [2.45, 2.75) is 71.1 Å². The van der Waals surface area contributed by atoms with E-state index in [2.05, 4.69) is 107 Å². The molecule has 2 aromatic carbocycles. The van der Waals surface area contributed by atoms with Gasteiger partial charge in [-0.1, -0.05) is 61.7 Å². The van der Waals surface area contributed by atoms with E-state index in [0.717, 1.165) is 61.5 Å². The van der Waals surface area contributed by atoms with Gasteiger partial charge in [0.05, 0.1) is 22.8 Å². The highest BCUT2D eigenvalue weighted by molar-refractivity contribution is 6.08.